The Labute approximate surface area is 107 Å². The second-order valence-electron chi connectivity index (χ2n) is 3.25. The quantitative estimate of drug-likeness (QED) is 0.629. The highest BCUT2D eigenvalue weighted by Crippen LogP contribution is 2.23. The van der Waals surface area contributed by atoms with Crippen molar-refractivity contribution >= 4 is 27.6 Å². The average Bonchev–Trinajstić information content (AvgIpc) is 2.86. The second kappa shape index (κ2) is 4.56. The monoisotopic (exact) mass is 316 g/mol. The molecule has 10 heteroatoms. The lowest BCUT2D eigenvalue weighted by Gasteiger charge is -1.91. The first kappa shape index (κ1) is 12.2. The molecule has 0 aliphatic carbocycles. The molecule has 0 saturated carbocycles. The first-order chi connectivity index (χ1) is 8.47. The lowest BCUT2D eigenvalue weighted by molar-refractivity contribution is -0.402. The van der Waals surface area contributed by atoms with E-state index < -0.39 is 9.85 Å². The van der Waals surface area contributed by atoms with Crippen LogP contribution in [0.15, 0.2) is 27.2 Å². The van der Waals surface area contributed by atoms with Crippen molar-refractivity contribution in [1.29, 1.82) is 0 Å². The summed E-state index contributed by atoms with van der Waals surface area (Å²) < 4.78 is 6.40. The zero-order valence-electron chi connectivity index (χ0n) is 8.65. The molecule has 94 valence electrons. The van der Waals surface area contributed by atoms with Crippen LogP contribution in [0.3, 0.4) is 0 Å². The first-order valence-electron chi connectivity index (χ1n) is 4.58. The van der Waals surface area contributed by atoms with Gasteiger partial charge in [-0.25, -0.2) is 0 Å². The van der Waals surface area contributed by atoms with Gasteiger partial charge in [0.1, 0.15) is 21.7 Å². The number of furan rings is 1. The number of halogens is 1. The fourth-order valence-electron chi connectivity index (χ4n) is 1.30. The van der Waals surface area contributed by atoms with Crippen LogP contribution in [0.5, 0.6) is 0 Å². The van der Waals surface area contributed by atoms with Gasteiger partial charge in [0.25, 0.3) is 0 Å². The average molecular weight is 317 g/mol. The summed E-state index contributed by atoms with van der Waals surface area (Å²) in [6.07, 6.45) is 1.40. The van der Waals surface area contributed by atoms with Crippen LogP contribution < -0.4 is 0 Å². The van der Waals surface area contributed by atoms with Gasteiger partial charge in [0.2, 0.25) is 0 Å². The maximum atomic E-state index is 10.6. The molecule has 18 heavy (non-hydrogen) atoms. The third-order valence-corrected chi connectivity index (χ3v) is 2.58. The van der Waals surface area contributed by atoms with Gasteiger partial charge < -0.3 is 14.5 Å². The summed E-state index contributed by atoms with van der Waals surface area (Å²) in [5.74, 6) is -0.423. The smallest absolute Gasteiger partial charge is 0.404 e. The highest BCUT2D eigenvalue weighted by molar-refractivity contribution is 9.10. The van der Waals surface area contributed by atoms with E-state index in [1.165, 1.54) is 23.0 Å². The van der Waals surface area contributed by atoms with Gasteiger partial charge in [0, 0.05) is 0 Å². The molecule has 0 unspecified atom stereocenters. The van der Waals surface area contributed by atoms with Crippen molar-refractivity contribution in [3.8, 4) is 0 Å². The Kier molecular flexibility index (Phi) is 3.10. The molecule has 2 heterocycles. The second-order valence-corrected chi connectivity index (χ2v) is 4.11. The standard InChI is InChI=1S/C8H5BrN4O5/c9-6-4-11(10-8(6)13(16)17)3-5-1-2-7(18-5)12(14)15/h1-2,4H,3H2. The number of hydrogen-bond donors (Lipinski definition) is 0. The third-order valence-electron chi connectivity index (χ3n) is 2.02. The molecule has 0 atom stereocenters. The van der Waals surface area contributed by atoms with Crippen molar-refractivity contribution < 1.29 is 14.3 Å². The Balaban J connectivity index is 2.20. The molecule has 0 aliphatic heterocycles. The zero-order valence-corrected chi connectivity index (χ0v) is 10.2. The molecule has 2 aromatic rings. The van der Waals surface area contributed by atoms with Gasteiger partial charge in [0.05, 0.1) is 17.4 Å². The van der Waals surface area contributed by atoms with E-state index in [4.69, 9.17) is 4.42 Å². The van der Waals surface area contributed by atoms with E-state index in [1.807, 2.05) is 0 Å². The molecular formula is C8H5BrN4O5. The molecule has 0 radical (unpaired) electrons. The Hall–Kier alpha value is -2.23. The van der Waals surface area contributed by atoms with Crippen LogP contribution in [0.4, 0.5) is 11.7 Å². The van der Waals surface area contributed by atoms with Gasteiger partial charge in [-0.3, -0.25) is 10.1 Å². The Morgan fingerprint density at radius 2 is 2.06 bits per heavy atom. The van der Waals surface area contributed by atoms with Gasteiger partial charge in [-0.05, 0) is 26.9 Å². The van der Waals surface area contributed by atoms with Crippen LogP contribution in [0, 0.1) is 20.2 Å². The van der Waals surface area contributed by atoms with Crippen LogP contribution in [0.1, 0.15) is 5.76 Å². The first-order valence-corrected chi connectivity index (χ1v) is 5.37. The van der Waals surface area contributed by atoms with Gasteiger partial charge in [0.15, 0.2) is 0 Å². The van der Waals surface area contributed by atoms with E-state index in [0.717, 1.165) is 0 Å². The van der Waals surface area contributed by atoms with Gasteiger partial charge in [-0.15, -0.1) is 0 Å². The molecule has 0 aromatic carbocycles. The molecule has 9 nitrogen and oxygen atoms in total. The normalized spacial score (nSPS) is 10.5. The zero-order chi connectivity index (χ0) is 13.3. The van der Waals surface area contributed by atoms with Crippen LogP contribution >= 0.6 is 15.9 Å². The lowest BCUT2D eigenvalue weighted by Crippen LogP contribution is -2.00. The fraction of sp³-hybridized carbons (Fsp3) is 0.125. The number of aromatic nitrogens is 2. The van der Waals surface area contributed by atoms with E-state index in [1.54, 1.807) is 0 Å². The van der Waals surface area contributed by atoms with E-state index in [9.17, 15) is 20.2 Å². The molecule has 0 fully saturated rings. The van der Waals surface area contributed by atoms with Gasteiger partial charge >= 0.3 is 11.7 Å². The van der Waals surface area contributed by atoms with E-state index >= 15 is 0 Å². The minimum Gasteiger partial charge on any atom is -0.404 e. The molecular weight excluding hydrogens is 312 g/mol. The lowest BCUT2D eigenvalue weighted by atomic mass is 10.4. The predicted octanol–water partition coefficient (Wildman–Crippen LogP) is 2.10. The predicted molar refractivity (Wildman–Crippen MR) is 61.0 cm³/mol. The van der Waals surface area contributed by atoms with Crippen LogP contribution in [-0.4, -0.2) is 19.6 Å². The minimum absolute atomic E-state index is 0.0697. The Morgan fingerprint density at radius 3 is 2.56 bits per heavy atom. The molecule has 0 aliphatic rings. The molecule has 0 bridgehead atoms. The van der Waals surface area contributed by atoms with Crippen molar-refractivity contribution in [3.05, 3.63) is 48.8 Å². The highest BCUT2D eigenvalue weighted by Gasteiger charge is 2.20. The minimum atomic E-state index is -0.662. The van der Waals surface area contributed by atoms with Gasteiger partial charge in [-0.1, -0.05) is 0 Å². The van der Waals surface area contributed by atoms with E-state index in [2.05, 4.69) is 21.0 Å². The Bertz CT molecular complexity index is 619. The van der Waals surface area contributed by atoms with Crippen LogP contribution in [-0.2, 0) is 6.54 Å². The maximum absolute atomic E-state index is 10.6. The molecule has 2 rings (SSSR count). The van der Waals surface area contributed by atoms with E-state index in [-0.39, 0.29) is 28.5 Å². The largest absolute Gasteiger partial charge is 0.433 e. The van der Waals surface area contributed by atoms with Crippen molar-refractivity contribution in [2.24, 2.45) is 0 Å². The molecule has 0 spiro atoms. The van der Waals surface area contributed by atoms with Crippen molar-refractivity contribution in [2.75, 3.05) is 0 Å². The van der Waals surface area contributed by atoms with Crippen molar-refractivity contribution in [3.63, 3.8) is 0 Å². The maximum Gasteiger partial charge on any atom is 0.433 e. The number of nitro groups is 2. The SMILES string of the molecule is O=[N+]([O-])c1ccc(Cn2cc(Br)c([N+](=O)[O-])n2)o1. The third kappa shape index (κ3) is 2.37. The van der Waals surface area contributed by atoms with E-state index in [0.29, 0.717) is 0 Å². The summed E-state index contributed by atoms with van der Waals surface area (Å²) in [4.78, 5) is 19.7. The summed E-state index contributed by atoms with van der Waals surface area (Å²) in [6.45, 7) is 0.0697. The summed E-state index contributed by atoms with van der Waals surface area (Å²) in [6, 6.07) is 2.63. The summed E-state index contributed by atoms with van der Waals surface area (Å²) in [5.41, 5.74) is 0. The molecule has 0 amide bonds. The summed E-state index contributed by atoms with van der Waals surface area (Å²) in [7, 11) is 0. The number of nitrogens with zero attached hydrogens (tertiary/aromatic N) is 4. The topological polar surface area (TPSA) is 117 Å². The highest BCUT2D eigenvalue weighted by atomic mass is 79.9. The summed E-state index contributed by atoms with van der Waals surface area (Å²) >= 11 is 3.00. The molecule has 0 N–H and O–H groups in total. The fourth-order valence-corrected chi connectivity index (χ4v) is 1.76. The Morgan fingerprint density at radius 1 is 1.33 bits per heavy atom. The van der Waals surface area contributed by atoms with Gasteiger partial charge in [-0.2, -0.15) is 4.68 Å². The number of hydrogen-bond acceptors (Lipinski definition) is 6. The molecule has 0 saturated heterocycles. The summed E-state index contributed by atoms with van der Waals surface area (Å²) in [5, 5.41) is 24.7. The van der Waals surface area contributed by atoms with Crippen LogP contribution in [0.25, 0.3) is 0 Å². The van der Waals surface area contributed by atoms with Crippen molar-refractivity contribution in [1.82, 2.24) is 9.78 Å². The van der Waals surface area contributed by atoms with Crippen LogP contribution in [0.2, 0.25) is 0 Å². The molecule has 2 aromatic heterocycles. The number of rotatable bonds is 4. The van der Waals surface area contributed by atoms with Crippen molar-refractivity contribution in [2.45, 2.75) is 6.54 Å².